The Bertz CT molecular complexity index is 1090. The summed E-state index contributed by atoms with van der Waals surface area (Å²) in [6, 6.07) is 16.0. The molecule has 4 aromatic rings. The van der Waals surface area contributed by atoms with Crippen molar-refractivity contribution in [1.82, 2.24) is 19.8 Å². The second-order valence-corrected chi connectivity index (χ2v) is 7.49. The molecule has 3 heterocycles. The third-order valence-electron chi connectivity index (χ3n) is 4.51. The summed E-state index contributed by atoms with van der Waals surface area (Å²) in [5, 5.41) is 14.1. The number of hydrogen-bond donors (Lipinski definition) is 0. The van der Waals surface area contributed by atoms with Gasteiger partial charge in [0.25, 0.3) is 0 Å². The van der Waals surface area contributed by atoms with Crippen molar-refractivity contribution in [2.24, 2.45) is 0 Å². The summed E-state index contributed by atoms with van der Waals surface area (Å²) in [4.78, 5) is 0.791. The van der Waals surface area contributed by atoms with Crippen LogP contribution in [-0.2, 0) is 19.4 Å². The van der Waals surface area contributed by atoms with E-state index < -0.39 is 0 Å². The van der Waals surface area contributed by atoms with E-state index in [1.54, 1.807) is 15.9 Å². The van der Waals surface area contributed by atoms with E-state index in [0.29, 0.717) is 17.3 Å². The Hall–Kier alpha value is -3.13. The normalized spacial score (nSPS) is 12.6. The van der Waals surface area contributed by atoms with Crippen LogP contribution in [0.2, 0.25) is 0 Å². The topological polar surface area (TPSA) is 70.8 Å². The van der Waals surface area contributed by atoms with Crippen molar-refractivity contribution in [3.63, 3.8) is 0 Å². The fraction of sp³-hybridized carbons (Fsp3) is 0.250. The molecule has 0 atom stereocenters. The Labute approximate surface area is 165 Å². The molecule has 7 nitrogen and oxygen atoms in total. The van der Waals surface area contributed by atoms with Crippen LogP contribution in [0.4, 0.5) is 0 Å². The number of rotatable bonds is 7. The Balaban J connectivity index is 1.22. The fourth-order valence-corrected chi connectivity index (χ4v) is 3.99. The lowest BCUT2D eigenvalue weighted by Gasteiger charge is -2.05. The van der Waals surface area contributed by atoms with E-state index in [2.05, 4.69) is 39.6 Å². The molecule has 2 aromatic carbocycles. The van der Waals surface area contributed by atoms with Crippen LogP contribution in [0.25, 0.3) is 4.96 Å². The third kappa shape index (κ3) is 3.50. The van der Waals surface area contributed by atoms with Crippen LogP contribution in [0.1, 0.15) is 22.8 Å². The smallest absolute Gasteiger partial charge is 0.234 e. The highest BCUT2D eigenvalue weighted by Gasteiger charge is 2.15. The molecule has 1 aliphatic heterocycles. The monoisotopic (exact) mass is 394 g/mol. The quantitative estimate of drug-likeness (QED) is 0.476. The van der Waals surface area contributed by atoms with Crippen molar-refractivity contribution in [1.29, 1.82) is 0 Å². The van der Waals surface area contributed by atoms with Gasteiger partial charge in [-0.3, -0.25) is 0 Å². The molecule has 0 amide bonds. The van der Waals surface area contributed by atoms with Crippen LogP contribution < -0.4 is 14.2 Å². The van der Waals surface area contributed by atoms with Crippen molar-refractivity contribution in [3.05, 3.63) is 64.9 Å². The van der Waals surface area contributed by atoms with Gasteiger partial charge < -0.3 is 14.2 Å². The average Bonchev–Trinajstić information content (AvgIpc) is 3.43. The van der Waals surface area contributed by atoms with Gasteiger partial charge in [0.15, 0.2) is 17.3 Å². The van der Waals surface area contributed by atoms with Gasteiger partial charge in [0.05, 0.1) is 0 Å². The van der Waals surface area contributed by atoms with Gasteiger partial charge in [0, 0.05) is 12.5 Å². The number of benzene rings is 2. The molecule has 0 radical (unpaired) electrons. The molecule has 142 valence electrons. The second-order valence-electron chi connectivity index (χ2n) is 6.45. The Morgan fingerprint density at radius 2 is 1.89 bits per heavy atom. The molecule has 0 unspecified atom stereocenters. The molecule has 0 fully saturated rings. The number of aromatic nitrogens is 4. The molecule has 0 bridgehead atoms. The molecule has 1 aliphatic rings. The van der Waals surface area contributed by atoms with E-state index >= 15 is 0 Å². The number of hydrogen-bond acceptors (Lipinski definition) is 7. The fourth-order valence-electron chi connectivity index (χ4n) is 3.09. The molecular formula is C20H18N4O3S. The minimum Gasteiger partial charge on any atom is -0.485 e. The first-order valence-corrected chi connectivity index (χ1v) is 9.93. The van der Waals surface area contributed by atoms with Gasteiger partial charge in [-0.05, 0) is 30.5 Å². The standard InChI is InChI=1S/C20H18N4O3S/c1-2-5-14(6-3-1)7-4-8-19-23-24-18(21-22-20(24)28-19)12-25-15-9-10-16-17(11-15)27-13-26-16/h1-3,5-6,9-11H,4,7-8,12-13H2. The van der Waals surface area contributed by atoms with Crippen molar-refractivity contribution in [2.45, 2.75) is 25.9 Å². The molecular weight excluding hydrogens is 376 g/mol. The highest BCUT2D eigenvalue weighted by molar-refractivity contribution is 7.16. The Morgan fingerprint density at radius 1 is 1.00 bits per heavy atom. The first kappa shape index (κ1) is 17.0. The Kier molecular flexibility index (Phi) is 4.54. The lowest BCUT2D eigenvalue weighted by molar-refractivity contribution is 0.173. The lowest BCUT2D eigenvalue weighted by atomic mass is 10.1. The van der Waals surface area contributed by atoms with E-state index in [9.17, 15) is 0 Å². The zero-order valence-electron chi connectivity index (χ0n) is 15.1. The highest BCUT2D eigenvalue weighted by atomic mass is 32.1. The summed E-state index contributed by atoms with van der Waals surface area (Å²) in [6.07, 6.45) is 3.02. The van der Waals surface area contributed by atoms with Crippen molar-refractivity contribution < 1.29 is 14.2 Å². The lowest BCUT2D eigenvalue weighted by Crippen LogP contribution is -2.03. The van der Waals surface area contributed by atoms with Crippen LogP contribution in [0, 0.1) is 0 Å². The van der Waals surface area contributed by atoms with Crippen molar-refractivity contribution >= 4 is 16.3 Å². The largest absolute Gasteiger partial charge is 0.485 e. The summed E-state index contributed by atoms with van der Waals surface area (Å²) in [5.41, 5.74) is 1.35. The van der Waals surface area contributed by atoms with E-state index in [0.717, 1.165) is 35.0 Å². The van der Waals surface area contributed by atoms with E-state index in [4.69, 9.17) is 14.2 Å². The minimum atomic E-state index is 0.245. The number of fused-ring (bicyclic) bond motifs is 2. The molecule has 0 spiro atoms. The van der Waals surface area contributed by atoms with Gasteiger partial charge in [0.1, 0.15) is 17.4 Å². The van der Waals surface area contributed by atoms with Gasteiger partial charge in [0.2, 0.25) is 11.8 Å². The van der Waals surface area contributed by atoms with Crippen LogP contribution in [0.3, 0.4) is 0 Å². The molecule has 5 rings (SSSR count). The second kappa shape index (κ2) is 7.47. The van der Waals surface area contributed by atoms with Crippen LogP contribution >= 0.6 is 11.3 Å². The van der Waals surface area contributed by atoms with Crippen LogP contribution in [0.5, 0.6) is 17.2 Å². The molecule has 0 saturated heterocycles. The number of nitrogens with zero attached hydrogens (tertiary/aromatic N) is 4. The first-order chi connectivity index (χ1) is 13.8. The minimum absolute atomic E-state index is 0.245. The summed E-state index contributed by atoms with van der Waals surface area (Å²) in [5.74, 6) is 2.80. The van der Waals surface area contributed by atoms with Gasteiger partial charge in [-0.25, -0.2) is 0 Å². The summed E-state index contributed by atoms with van der Waals surface area (Å²) in [7, 11) is 0. The number of aryl methyl sites for hydroxylation is 2. The SMILES string of the molecule is c1ccc(CCCc2nn3c(COc4ccc5c(c4)OCO5)nnc3s2)cc1. The Morgan fingerprint density at radius 3 is 2.82 bits per heavy atom. The third-order valence-corrected chi connectivity index (χ3v) is 5.47. The van der Waals surface area contributed by atoms with Gasteiger partial charge in [-0.2, -0.15) is 9.61 Å². The van der Waals surface area contributed by atoms with Gasteiger partial charge in [-0.15, -0.1) is 10.2 Å². The molecule has 0 aliphatic carbocycles. The maximum Gasteiger partial charge on any atom is 0.234 e. The predicted molar refractivity (Wildman–Crippen MR) is 104 cm³/mol. The zero-order valence-corrected chi connectivity index (χ0v) is 15.9. The molecule has 0 N–H and O–H groups in total. The molecule has 2 aromatic heterocycles. The molecule has 0 saturated carbocycles. The highest BCUT2D eigenvalue weighted by Crippen LogP contribution is 2.35. The number of ether oxygens (including phenoxy) is 3. The summed E-state index contributed by atoms with van der Waals surface area (Å²) >= 11 is 1.58. The van der Waals surface area contributed by atoms with Gasteiger partial charge in [-0.1, -0.05) is 41.7 Å². The average molecular weight is 394 g/mol. The van der Waals surface area contributed by atoms with Crippen molar-refractivity contribution in [2.75, 3.05) is 6.79 Å². The predicted octanol–water partition coefficient (Wildman–Crippen LogP) is 3.67. The molecule has 28 heavy (non-hydrogen) atoms. The molecule has 8 heteroatoms. The van der Waals surface area contributed by atoms with Crippen LogP contribution in [-0.4, -0.2) is 26.6 Å². The summed E-state index contributed by atoms with van der Waals surface area (Å²) in [6.45, 7) is 0.531. The van der Waals surface area contributed by atoms with E-state index in [1.807, 2.05) is 24.3 Å². The maximum absolute atomic E-state index is 5.84. The first-order valence-electron chi connectivity index (χ1n) is 9.11. The van der Waals surface area contributed by atoms with Crippen LogP contribution in [0.15, 0.2) is 48.5 Å². The zero-order chi connectivity index (χ0) is 18.8. The summed E-state index contributed by atoms with van der Waals surface area (Å²) < 4.78 is 18.3. The van der Waals surface area contributed by atoms with E-state index in [1.165, 1.54) is 5.56 Å². The van der Waals surface area contributed by atoms with E-state index in [-0.39, 0.29) is 13.4 Å². The maximum atomic E-state index is 5.84. The van der Waals surface area contributed by atoms with Crippen molar-refractivity contribution in [3.8, 4) is 17.2 Å². The van der Waals surface area contributed by atoms with Gasteiger partial charge >= 0.3 is 0 Å².